The van der Waals surface area contributed by atoms with Gasteiger partial charge in [-0.05, 0) is 0 Å². The molecule has 1 aromatic heterocycles. The molecule has 0 aromatic carbocycles. The molecule has 1 aliphatic rings. The number of aliphatic hydroxyl groups is 1. The predicted molar refractivity (Wildman–Crippen MR) is 59.0 cm³/mol. The van der Waals surface area contributed by atoms with Crippen LogP contribution in [-0.4, -0.2) is 33.6 Å². The molecule has 0 saturated heterocycles. The van der Waals surface area contributed by atoms with Crippen molar-refractivity contribution < 1.29 is 5.11 Å². The lowest BCUT2D eigenvalue weighted by molar-refractivity contribution is 0.307. The fourth-order valence-electron chi connectivity index (χ4n) is 1.62. The smallest absolute Gasteiger partial charge is 0.329 e. The monoisotopic (exact) mass is 224 g/mol. The van der Waals surface area contributed by atoms with Crippen LogP contribution in [-0.2, 0) is 13.5 Å². The minimum atomic E-state index is -0.459. The molecular weight excluding hydrogens is 212 g/mol. The Morgan fingerprint density at radius 1 is 1.50 bits per heavy atom. The topological polar surface area (TPSA) is 99.5 Å². The lowest BCUT2D eigenvalue weighted by atomic mass is 10.2. The maximum atomic E-state index is 11.5. The Labute approximate surface area is 90.5 Å². The summed E-state index contributed by atoms with van der Waals surface area (Å²) in [6, 6.07) is 0. The van der Waals surface area contributed by atoms with E-state index in [1.165, 1.54) is 4.57 Å². The van der Waals surface area contributed by atoms with Crippen LogP contribution < -0.4 is 16.6 Å². The molecule has 7 heteroatoms. The van der Waals surface area contributed by atoms with E-state index in [4.69, 9.17) is 5.11 Å². The van der Waals surface area contributed by atoms with Gasteiger partial charge in [-0.3, -0.25) is 19.3 Å². The molecule has 0 atom stereocenters. The van der Waals surface area contributed by atoms with E-state index in [-0.39, 0.29) is 18.7 Å². The Hall–Kier alpha value is -1.89. The Bertz CT molecular complexity index is 555. The van der Waals surface area contributed by atoms with Crippen molar-refractivity contribution >= 4 is 11.7 Å². The van der Waals surface area contributed by atoms with Crippen LogP contribution in [0.5, 0.6) is 0 Å². The van der Waals surface area contributed by atoms with Crippen molar-refractivity contribution in [2.75, 3.05) is 18.5 Å². The first-order chi connectivity index (χ1) is 7.63. The molecule has 1 aliphatic heterocycles. The summed E-state index contributed by atoms with van der Waals surface area (Å²) >= 11 is 0. The summed E-state index contributed by atoms with van der Waals surface area (Å²) in [6.07, 6.45) is 0.360. The lowest BCUT2D eigenvalue weighted by Gasteiger charge is -2.04. The molecule has 0 aliphatic carbocycles. The number of aromatic nitrogens is 2. The normalized spacial score (nSPS) is 16.2. The molecule has 2 heterocycles. The number of amidine groups is 1. The van der Waals surface area contributed by atoms with Crippen LogP contribution in [0, 0.1) is 0 Å². The van der Waals surface area contributed by atoms with E-state index in [1.54, 1.807) is 7.05 Å². The van der Waals surface area contributed by atoms with Crippen LogP contribution in [0.15, 0.2) is 14.6 Å². The van der Waals surface area contributed by atoms with Crippen LogP contribution in [0.25, 0.3) is 0 Å². The summed E-state index contributed by atoms with van der Waals surface area (Å²) in [5.41, 5.74) is -0.349. The van der Waals surface area contributed by atoms with Crippen LogP contribution >= 0.6 is 0 Å². The van der Waals surface area contributed by atoms with Gasteiger partial charge in [-0.15, -0.1) is 0 Å². The number of nitrogens with one attached hydrogen (secondary N) is 2. The van der Waals surface area contributed by atoms with E-state index in [0.29, 0.717) is 23.6 Å². The van der Waals surface area contributed by atoms with Crippen molar-refractivity contribution in [1.29, 1.82) is 0 Å². The number of fused-ring (bicyclic) bond motifs is 1. The summed E-state index contributed by atoms with van der Waals surface area (Å²) in [4.78, 5) is 29.1. The van der Waals surface area contributed by atoms with E-state index in [9.17, 15) is 9.59 Å². The number of nitrogens with zero attached hydrogens (tertiary/aromatic N) is 2. The molecule has 0 saturated carbocycles. The van der Waals surface area contributed by atoms with Crippen LogP contribution in [0.1, 0.15) is 5.56 Å². The largest absolute Gasteiger partial charge is 0.394 e. The second-order valence-electron chi connectivity index (χ2n) is 3.50. The van der Waals surface area contributed by atoms with Gasteiger partial charge in [-0.2, -0.15) is 0 Å². The van der Waals surface area contributed by atoms with Crippen molar-refractivity contribution in [3.63, 3.8) is 0 Å². The zero-order valence-electron chi connectivity index (χ0n) is 8.78. The van der Waals surface area contributed by atoms with Crippen LogP contribution in [0.4, 0.5) is 5.82 Å². The number of hydrogen-bond donors (Lipinski definition) is 3. The molecule has 7 nitrogen and oxygen atoms in total. The predicted octanol–water partition coefficient (Wildman–Crippen LogP) is -1.57. The second-order valence-corrected chi connectivity index (χ2v) is 3.50. The first-order valence-electron chi connectivity index (χ1n) is 4.87. The molecule has 0 fully saturated rings. The quantitative estimate of drug-likeness (QED) is 0.565. The van der Waals surface area contributed by atoms with Crippen molar-refractivity contribution in [2.24, 2.45) is 12.0 Å². The molecule has 0 unspecified atom stereocenters. The number of hydrogen-bond acceptors (Lipinski definition) is 4. The SMILES string of the molecule is Cn1c2c(c(=O)[nH]c1=O)CC(=NCCO)N2. The highest BCUT2D eigenvalue weighted by molar-refractivity contribution is 6.01. The number of aliphatic hydroxyl groups excluding tert-OH is 1. The van der Waals surface area contributed by atoms with Crippen molar-refractivity contribution in [1.82, 2.24) is 9.55 Å². The van der Waals surface area contributed by atoms with Crippen LogP contribution in [0.2, 0.25) is 0 Å². The summed E-state index contributed by atoms with van der Waals surface area (Å²) in [5.74, 6) is 1.07. The average Bonchev–Trinajstić information content (AvgIpc) is 2.68. The van der Waals surface area contributed by atoms with Gasteiger partial charge < -0.3 is 10.4 Å². The van der Waals surface area contributed by atoms with Gasteiger partial charge in [0, 0.05) is 13.5 Å². The number of aliphatic imine (C=N–C) groups is 1. The summed E-state index contributed by atoms with van der Waals surface area (Å²) < 4.78 is 1.33. The molecule has 2 rings (SSSR count). The van der Waals surface area contributed by atoms with E-state index >= 15 is 0 Å². The molecular formula is C9H12N4O3. The lowest BCUT2D eigenvalue weighted by Crippen LogP contribution is -2.30. The highest BCUT2D eigenvalue weighted by atomic mass is 16.3. The highest BCUT2D eigenvalue weighted by Crippen LogP contribution is 2.16. The molecule has 16 heavy (non-hydrogen) atoms. The Kier molecular flexibility index (Phi) is 2.61. The van der Waals surface area contributed by atoms with Gasteiger partial charge in [0.15, 0.2) is 0 Å². The standard InChI is InChI=1S/C9H12N4O3/c1-13-7-5(8(15)12-9(13)16)4-6(11-7)10-2-3-14/h14H,2-4H2,1H3,(H,10,11)(H,12,15,16). The molecule has 86 valence electrons. The molecule has 0 spiro atoms. The van der Waals surface area contributed by atoms with Crippen LogP contribution in [0.3, 0.4) is 0 Å². The van der Waals surface area contributed by atoms with Gasteiger partial charge >= 0.3 is 5.69 Å². The van der Waals surface area contributed by atoms with Gasteiger partial charge in [-0.1, -0.05) is 0 Å². The first kappa shape index (κ1) is 10.6. The summed E-state index contributed by atoms with van der Waals surface area (Å²) in [6.45, 7) is 0.235. The minimum Gasteiger partial charge on any atom is -0.394 e. The molecule has 0 bridgehead atoms. The molecule has 0 radical (unpaired) electrons. The number of H-pyrrole nitrogens is 1. The first-order valence-corrected chi connectivity index (χ1v) is 4.87. The van der Waals surface area contributed by atoms with Gasteiger partial charge in [-0.25, -0.2) is 4.79 Å². The third-order valence-electron chi connectivity index (χ3n) is 2.43. The van der Waals surface area contributed by atoms with Gasteiger partial charge in [0.2, 0.25) is 0 Å². The van der Waals surface area contributed by atoms with E-state index in [1.807, 2.05) is 0 Å². The second kappa shape index (κ2) is 3.93. The third-order valence-corrected chi connectivity index (χ3v) is 2.43. The Morgan fingerprint density at radius 2 is 2.25 bits per heavy atom. The van der Waals surface area contributed by atoms with Gasteiger partial charge in [0.1, 0.15) is 11.7 Å². The minimum absolute atomic E-state index is 0.0448. The fraction of sp³-hybridized carbons (Fsp3) is 0.444. The highest BCUT2D eigenvalue weighted by Gasteiger charge is 2.22. The van der Waals surface area contributed by atoms with E-state index in [2.05, 4.69) is 15.3 Å². The summed E-state index contributed by atoms with van der Waals surface area (Å²) in [5, 5.41) is 11.5. The summed E-state index contributed by atoms with van der Waals surface area (Å²) in [7, 11) is 1.57. The number of anilines is 1. The number of aromatic amines is 1. The van der Waals surface area contributed by atoms with Crippen molar-refractivity contribution in [3.8, 4) is 0 Å². The fourth-order valence-corrected chi connectivity index (χ4v) is 1.62. The third kappa shape index (κ3) is 1.65. The maximum Gasteiger partial charge on any atom is 0.329 e. The van der Waals surface area contributed by atoms with Crippen molar-refractivity contribution in [3.05, 3.63) is 26.4 Å². The Morgan fingerprint density at radius 3 is 2.94 bits per heavy atom. The molecule has 1 aromatic rings. The van der Waals surface area contributed by atoms with Gasteiger partial charge in [0.05, 0.1) is 18.7 Å². The molecule has 0 amide bonds. The zero-order valence-corrected chi connectivity index (χ0v) is 8.78. The zero-order chi connectivity index (χ0) is 11.7. The maximum absolute atomic E-state index is 11.5. The number of rotatable bonds is 2. The Balaban J connectivity index is 2.45. The van der Waals surface area contributed by atoms with Gasteiger partial charge in [0.25, 0.3) is 5.56 Å². The van der Waals surface area contributed by atoms with Crippen molar-refractivity contribution in [2.45, 2.75) is 6.42 Å². The average molecular weight is 224 g/mol. The van der Waals surface area contributed by atoms with E-state index in [0.717, 1.165) is 0 Å². The molecule has 3 N–H and O–H groups in total. The van der Waals surface area contributed by atoms with E-state index < -0.39 is 5.69 Å².